The summed E-state index contributed by atoms with van der Waals surface area (Å²) in [4.78, 5) is 41.4. The van der Waals surface area contributed by atoms with Gasteiger partial charge in [0.25, 0.3) is 5.91 Å². The second kappa shape index (κ2) is 11.6. The monoisotopic (exact) mass is 477 g/mol. The highest BCUT2D eigenvalue weighted by molar-refractivity contribution is 7.12. The van der Waals surface area contributed by atoms with Crippen LogP contribution in [-0.2, 0) is 14.3 Å². The summed E-state index contributed by atoms with van der Waals surface area (Å²) in [6.07, 6.45) is 1.85. The highest BCUT2D eigenvalue weighted by Crippen LogP contribution is 2.28. The predicted octanol–water partition coefficient (Wildman–Crippen LogP) is 3.55. The minimum absolute atomic E-state index is 0.0219. The number of ether oxygens (including phenoxy) is 1. The molecule has 34 heavy (non-hydrogen) atoms. The maximum atomic E-state index is 13.5. The molecule has 1 aromatic heterocycles. The quantitative estimate of drug-likeness (QED) is 0.493. The van der Waals surface area contributed by atoms with Crippen molar-refractivity contribution in [3.8, 4) is 0 Å². The third kappa shape index (κ3) is 5.89. The smallest absolute Gasteiger partial charge is 0.261 e. The van der Waals surface area contributed by atoms with Gasteiger partial charge in [-0.1, -0.05) is 54.6 Å². The van der Waals surface area contributed by atoms with Gasteiger partial charge in [-0.25, -0.2) is 0 Å². The average Bonchev–Trinajstić information content (AvgIpc) is 3.60. The largest absolute Gasteiger partial charge is 0.376 e. The molecule has 176 valence electrons. The van der Waals surface area contributed by atoms with Crippen LogP contribution in [0.1, 0.15) is 34.1 Å². The number of hydrogen-bond acceptors (Lipinski definition) is 5. The Labute approximate surface area is 202 Å². The van der Waals surface area contributed by atoms with Gasteiger partial charge in [-0.3, -0.25) is 19.3 Å². The summed E-state index contributed by atoms with van der Waals surface area (Å²) in [5.41, 5.74) is 1.24. The van der Waals surface area contributed by atoms with Gasteiger partial charge in [-0.05, 0) is 42.0 Å². The van der Waals surface area contributed by atoms with Crippen LogP contribution in [0.2, 0.25) is 0 Å². The number of nitrogens with one attached hydrogen (secondary N) is 2. The standard InChI is InChI=1S/C26H27N3O4S/c30-23(18-28-25(31)22-14-8-16-34-22)29(20-11-5-2-6-12-20)24(19-9-3-1-4-10-19)26(32)27-17-21-13-7-15-33-21/h1-6,8-12,14,16,21,24H,7,13,15,17-18H2,(H,27,32)(H,28,31)/t21-,24+/m1/s1. The lowest BCUT2D eigenvalue weighted by atomic mass is 10.0. The van der Waals surface area contributed by atoms with E-state index in [1.54, 1.807) is 29.6 Å². The molecule has 2 N–H and O–H groups in total. The third-order valence-corrected chi connectivity index (χ3v) is 6.47. The highest BCUT2D eigenvalue weighted by atomic mass is 32.1. The van der Waals surface area contributed by atoms with Crippen molar-refractivity contribution in [3.05, 3.63) is 88.6 Å². The molecule has 1 saturated heterocycles. The zero-order valence-corrected chi connectivity index (χ0v) is 19.5. The molecule has 7 nitrogen and oxygen atoms in total. The van der Waals surface area contributed by atoms with Crippen molar-refractivity contribution in [1.82, 2.24) is 10.6 Å². The van der Waals surface area contributed by atoms with Crippen LogP contribution in [0.3, 0.4) is 0 Å². The molecular weight excluding hydrogens is 450 g/mol. The van der Waals surface area contributed by atoms with Crippen molar-refractivity contribution in [2.45, 2.75) is 25.0 Å². The second-order valence-corrected chi connectivity index (χ2v) is 8.90. The molecule has 3 aromatic rings. The molecule has 1 fully saturated rings. The molecule has 2 aromatic carbocycles. The van der Waals surface area contributed by atoms with Crippen molar-refractivity contribution in [3.63, 3.8) is 0 Å². The molecule has 1 aliphatic rings. The van der Waals surface area contributed by atoms with Crippen LogP contribution in [-0.4, -0.2) is 43.5 Å². The first-order valence-electron chi connectivity index (χ1n) is 11.3. The van der Waals surface area contributed by atoms with E-state index in [4.69, 9.17) is 4.74 Å². The zero-order chi connectivity index (χ0) is 23.8. The van der Waals surface area contributed by atoms with Gasteiger partial charge in [0.2, 0.25) is 11.8 Å². The van der Waals surface area contributed by atoms with Crippen molar-refractivity contribution in [2.24, 2.45) is 0 Å². The molecule has 3 amide bonds. The first-order chi connectivity index (χ1) is 16.6. The van der Waals surface area contributed by atoms with Crippen molar-refractivity contribution in [2.75, 3.05) is 24.6 Å². The molecule has 0 spiro atoms. The minimum Gasteiger partial charge on any atom is -0.376 e. The number of benzene rings is 2. The Balaban J connectivity index is 1.60. The van der Waals surface area contributed by atoms with Gasteiger partial charge in [0.15, 0.2) is 0 Å². The fourth-order valence-corrected chi connectivity index (χ4v) is 4.57. The van der Waals surface area contributed by atoms with Crippen LogP contribution in [0, 0.1) is 0 Å². The predicted molar refractivity (Wildman–Crippen MR) is 132 cm³/mol. The van der Waals surface area contributed by atoms with Gasteiger partial charge in [-0.2, -0.15) is 0 Å². The number of anilines is 1. The fourth-order valence-electron chi connectivity index (χ4n) is 3.93. The molecule has 8 heteroatoms. The lowest BCUT2D eigenvalue weighted by molar-refractivity contribution is -0.126. The Bertz CT molecular complexity index is 1080. The SMILES string of the molecule is O=C(NCC(=O)N(c1ccccc1)[C@H](C(=O)NC[C@H]1CCCO1)c1ccccc1)c1cccs1. The van der Waals surface area contributed by atoms with E-state index in [1.807, 2.05) is 48.5 Å². The summed E-state index contributed by atoms with van der Waals surface area (Å²) in [6, 6.07) is 20.8. The first-order valence-corrected chi connectivity index (χ1v) is 12.1. The van der Waals surface area contributed by atoms with E-state index < -0.39 is 11.9 Å². The molecule has 2 heterocycles. The first kappa shape index (κ1) is 23.7. The molecule has 0 radical (unpaired) electrons. The summed E-state index contributed by atoms with van der Waals surface area (Å²) in [5.74, 6) is -1.02. The van der Waals surface area contributed by atoms with E-state index >= 15 is 0 Å². The van der Waals surface area contributed by atoms with Gasteiger partial charge in [0, 0.05) is 18.8 Å². The Morgan fingerprint density at radius 3 is 2.35 bits per heavy atom. The molecule has 0 unspecified atom stereocenters. The summed E-state index contributed by atoms with van der Waals surface area (Å²) < 4.78 is 5.64. The molecule has 0 bridgehead atoms. The number of amides is 3. The lowest BCUT2D eigenvalue weighted by Crippen LogP contribution is -2.48. The zero-order valence-electron chi connectivity index (χ0n) is 18.7. The van der Waals surface area contributed by atoms with Crippen LogP contribution in [0.15, 0.2) is 78.2 Å². The van der Waals surface area contributed by atoms with Crippen LogP contribution in [0.25, 0.3) is 0 Å². The van der Waals surface area contributed by atoms with Crippen molar-refractivity contribution >= 4 is 34.7 Å². The number of carbonyl (C=O) groups is 3. The maximum absolute atomic E-state index is 13.5. The van der Waals surface area contributed by atoms with E-state index in [9.17, 15) is 14.4 Å². The molecule has 4 rings (SSSR count). The Morgan fingerprint density at radius 1 is 0.971 bits per heavy atom. The summed E-state index contributed by atoms with van der Waals surface area (Å²) >= 11 is 1.30. The topological polar surface area (TPSA) is 87.7 Å². The average molecular weight is 478 g/mol. The molecule has 0 saturated carbocycles. The lowest BCUT2D eigenvalue weighted by Gasteiger charge is -2.32. The molecule has 1 aliphatic heterocycles. The van der Waals surface area contributed by atoms with Gasteiger partial charge in [-0.15, -0.1) is 11.3 Å². The van der Waals surface area contributed by atoms with Gasteiger partial charge in [0.1, 0.15) is 6.04 Å². The number of nitrogens with zero attached hydrogens (tertiary/aromatic N) is 1. The molecule has 2 atom stereocenters. The Kier molecular flexibility index (Phi) is 8.06. The van der Waals surface area contributed by atoms with Crippen LogP contribution < -0.4 is 15.5 Å². The van der Waals surface area contributed by atoms with Crippen LogP contribution in [0.5, 0.6) is 0 Å². The van der Waals surface area contributed by atoms with Gasteiger partial charge >= 0.3 is 0 Å². The van der Waals surface area contributed by atoms with E-state index in [-0.39, 0.29) is 24.5 Å². The fraction of sp³-hybridized carbons (Fsp3) is 0.269. The third-order valence-electron chi connectivity index (χ3n) is 5.60. The summed E-state index contributed by atoms with van der Waals surface area (Å²) in [5, 5.41) is 7.46. The van der Waals surface area contributed by atoms with Gasteiger partial charge in [0.05, 0.1) is 17.5 Å². The van der Waals surface area contributed by atoms with Gasteiger partial charge < -0.3 is 15.4 Å². The van der Waals surface area contributed by atoms with Crippen molar-refractivity contribution < 1.29 is 19.1 Å². The Morgan fingerprint density at radius 2 is 1.71 bits per heavy atom. The molecule has 0 aliphatic carbocycles. The second-order valence-electron chi connectivity index (χ2n) is 7.95. The van der Waals surface area contributed by atoms with Crippen LogP contribution >= 0.6 is 11.3 Å². The van der Waals surface area contributed by atoms with E-state index in [2.05, 4.69) is 10.6 Å². The van der Waals surface area contributed by atoms with E-state index in [0.29, 0.717) is 29.3 Å². The van der Waals surface area contributed by atoms with Crippen LogP contribution in [0.4, 0.5) is 5.69 Å². The van der Waals surface area contributed by atoms with E-state index in [1.165, 1.54) is 16.2 Å². The number of para-hydroxylation sites is 1. The number of carbonyl (C=O) groups excluding carboxylic acids is 3. The number of thiophene rings is 1. The Hall–Kier alpha value is -3.49. The maximum Gasteiger partial charge on any atom is 0.261 e. The summed E-state index contributed by atoms with van der Waals surface area (Å²) in [6.45, 7) is 0.837. The molecular formula is C26H27N3O4S. The number of hydrogen-bond donors (Lipinski definition) is 2. The highest BCUT2D eigenvalue weighted by Gasteiger charge is 2.33. The summed E-state index contributed by atoms with van der Waals surface area (Å²) in [7, 11) is 0. The van der Waals surface area contributed by atoms with E-state index in [0.717, 1.165) is 12.8 Å². The van der Waals surface area contributed by atoms with Crippen molar-refractivity contribution in [1.29, 1.82) is 0 Å². The minimum atomic E-state index is -0.906. The normalized spacial score (nSPS) is 15.9. The number of rotatable bonds is 9.